The van der Waals surface area contributed by atoms with Gasteiger partial charge in [0.1, 0.15) is 6.04 Å². The van der Waals surface area contributed by atoms with E-state index in [1.165, 1.54) is 11.3 Å². The number of amides is 2. The molecule has 29 heavy (non-hydrogen) atoms. The van der Waals surface area contributed by atoms with Crippen LogP contribution in [0.15, 0.2) is 40.6 Å². The van der Waals surface area contributed by atoms with Crippen LogP contribution in [0.4, 0.5) is 5.13 Å². The first kappa shape index (κ1) is 19.4. The second kappa shape index (κ2) is 8.20. The van der Waals surface area contributed by atoms with Crippen LogP contribution in [0.2, 0.25) is 0 Å². The molecule has 2 amide bonds. The van der Waals surface area contributed by atoms with Crippen molar-refractivity contribution in [2.24, 2.45) is 0 Å². The normalized spacial score (nSPS) is 16.4. The van der Waals surface area contributed by atoms with E-state index in [1.807, 2.05) is 31.2 Å². The van der Waals surface area contributed by atoms with Crippen molar-refractivity contribution >= 4 is 39.3 Å². The van der Waals surface area contributed by atoms with E-state index in [0.29, 0.717) is 31.2 Å². The van der Waals surface area contributed by atoms with Crippen molar-refractivity contribution in [2.75, 3.05) is 11.9 Å². The molecular weight excluding hydrogens is 390 g/mol. The summed E-state index contributed by atoms with van der Waals surface area (Å²) in [7, 11) is 0. The van der Waals surface area contributed by atoms with Crippen molar-refractivity contribution < 1.29 is 9.59 Å². The summed E-state index contributed by atoms with van der Waals surface area (Å²) in [6.45, 7) is 3.35. The highest BCUT2D eigenvalue weighted by atomic mass is 32.1. The molecule has 1 aliphatic rings. The Hall–Kier alpha value is -2.94. The van der Waals surface area contributed by atoms with E-state index in [1.54, 1.807) is 25.6 Å². The maximum atomic E-state index is 12.9. The molecule has 1 aromatic carbocycles. The first-order valence-electron chi connectivity index (χ1n) is 9.78. The molecule has 0 spiro atoms. The van der Waals surface area contributed by atoms with Crippen LogP contribution < -0.4 is 11.0 Å². The van der Waals surface area contributed by atoms with Crippen LogP contribution in [0.3, 0.4) is 0 Å². The molecule has 1 aliphatic heterocycles. The number of aryl methyl sites for hydroxylation is 2. The van der Waals surface area contributed by atoms with Crippen LogP contribution in [-0.2, 0) is 22.7 Å². The summed E-state index contributed by atoms with van der Waals surface area (Å²) in [4.78, 5) is 43.9. The smallest absolute Gasteiger partial charge is 0.329 e. The molecule has 3 heterocycles. The van der Waals surface area contributed by atoms with Gasteiger partial charge in [-0.25, -0.2) is 9.78 Å². The second-order valence-electron chi connectivity index (χ2n) is 6.99. The molecule has 0 saturated carbocycles. The minimum atomic E-state index is -0.486. The largest absolute Gasteiger partial charge is 0.331 e. The zero-order valence-corrected chi connectivity index (χ0v) is 17.0. The summed E-state index contributed by atoms with van der Waals surface area (Å²) in [5.74, 6) is -0.312. The molecule has 152 valence electrons. The molecule has 4 rings (SSSR count). The molecule has 1 N–H and O–H groups in total. The number of hydrogen-bond acceptors (Lipinski definition) is 5. The summed E-state index contributed by atoms with van der Waals surface area (Å²) in [6.07, 6.45) is 3.23. The lowest BCUT2D eigenvalue weighted by atomic mass is 10.2. The fraction of sp³-hybridized carbons (Fsp3) is 0.400. The number of fused-ring (bicyclic) bond motifs is 1. The van der Waals surface area contributed by atoms with Gasteiger partial charge in [0, 0.05) is 37.6 Å². The summed E-state index contributed by atoms with van der Waals surface area (Å²) in [5.41, 5.74) is 1.59. The summed E-state index contributed by atoms with van der Waals surface area (Å²) < 4.78 is 3.36. The number of aromatic nitrogens is 3. The van der Waals surface area contributed by atoms with Gasteiger partial charge in [0.15, 0.2) is 5.13 Å². The van der Waals surface area contributed by atoms with Crippen molar-refractivity contribution in [3.8, 4) is 0 Å². The number of rotatable bonds is 6. The molecule has 2 aromatic heterocycles. The maximum Gasteiger partial charge on any atom is 0.329 e. The predicted molar refractivity (Wildman–Crippen MR) is 112 cm³/mol. The Kier molecular flexibility index (Phi) is 5.48. The number of imidazole rings is 1. The van der Waals surface area contributed by atoms with E-state index in [4.69, 9.17) is 0 Å². The number of likely N-dealkylation sites (tertiary alicyclic amines) is 1. The minimum absolute atomic E-state index is 0.109. The van der Waals surface area contributed by atoms with E-state index in [9.17, 15) is 14.4 Å². The molecule has 9 heteroatoms. The SMILES string of the molecule is CCn1c(=O)n(CCC(=O)N2CCCC2C(=O)Nc2nccs2)c2ccccc21. The number of para-hydroxylation sites is 2. The minimum Gasteiger partial charge on any atom is -0.331 e. The predicted octanol–water partition coefficient (Wildman–Crippen LogP) is 2.30. The Morgan fingerprint density at radius 3 is 2.69 bits per heavy atom. The van der Waals surface area contributed by atoms with Crippen molar-refractivity contribution in [1.29, 1.82) is 0 Å². The van der Waals surface area contributed by atoms with Gasteiger partial charge in [0.25, 0.3) is 0 Å². The van der Waals surface area contributed by atoms with Crippen LogP contribution in [0.1, 0.15) is 26.2 Å². The van der Waals surface area contributed by atoms with Crippen molar-refractivity contribution in [1.82, 2.24) is 19.0 Å². The molecule has 1 saturated heterocycles. The maximum absolute atomic E-state index is 12.9. The van der Waals surface area contributed by atoms with Gasteiger partial charge >= 0.3 is 5.69 Å². The molecule has 1 atom stereocenters. The number of hydrogen-bond donors (Lipinski definition) is 1. The number of thiazole rings is 1. The number of benzene rings is 1. The van der Waals surface area contributed by atoms with Gasteiger partial charge < -0.3 is 10.2 Å². The van der Waals surface area contributed by atoms with E-state index < -0.39 is 6.04 Å². The zero-order chi connectivity index (χ0) is 20.4. The van der Waals surface area contributed by atoms with Crippen LogP contribution in [0.25, 0.3) is 11.0 Å². The van der Waals surface area contributed by atoms with Gasteiger partial charge in [-0.3, -0.25) is 18.7 Å². The zero-order valence-electron chi connectivity index (χ0n) is 16.2. The van der Waals surface area contributed by atoms with Crippen molar-refractivity contribution in [3.05, 3.63) is 46.3 Å². The fourth-order valence-corrected chi connectivity index (χ4v) is 4.49. The van der Waals surface area contributed by atoms with E-state index in [0.717, 1.165) is 17.5 Å². The lowest BCUT2D eigenvalue weighted by Gasteiger charge is -2.23. The molecule has 3 aromatic rings. The van der Waals surface area contributed by atoms with Crippen LogP contribution in [0, 0.1) is 0 Å². The first-order chi connectivity index (χ1) is 14.1. The second-order valence-corrected chi connectivity index (χ2v) is 7.88. The Labute approximate surface area is 171 Å². The summed E-state index contributed by atoms with van der Waals surface area (Å²) in [6, 6.07) is 7.12. The third kappa shape index (κ3) is 3.69. The Morgan fingerprint density at radius 2 is 2.00 bits per heavy atom. The third-order valence-corrected chi connectivity index (χ3v) is 6.02. The number of carbonyl (C=O) groups is 2. The average molecular weight is 414 g/mol. The molecule has 0 radical (unpaired) electrons. The lowest BCUT2D eigenvalue weighted by Crippen LogP contribution is -2.43. The Morgan fingerprint density at radius 1 is 1.24 bits per heavy atom. The van der Waals surface area contributed by atoms with Gasteiger partial charge in [-0.05, 0) is 31.9 Å². The number of nitrogens with one attached hydrogen (secondary N) is 1. The molecule has 0 aliphatic carbocycles. The molecular formula is C20H23N5O3S. The van der Waals surface area contributed by atoms with Gasteiger partial charge in [0.2, 0.25) is 11.8 Å². The first-order valence-corrected chi connectivity index (χ1v) is 10.7. The summed E-state index contributed by atoms with van der Waals surface area (Å²) >= 11 is 1.35. The van der Waals surface area contributed by atoms with E-state index in [-0.39, 0.29) is 23.9 Å². The van der Waals surface area contributed by atoms with Gasteiger partial charge in [-0.15, -0.1) is 11.3 Å². The van der Waals surface area contributed by atoms with Crippen LogP contribution in [-0.4, -0.2) is 43.4 Å². The van der Waals surface area contributed by atoms with Crippen LogP contribution >= 0.6 is 11.3 Å². The van der Waals surface area contributed by atoms with E-state index in [2.05, 4.69) is 10.3 Å². The standard InChI is InChI=1S/C20H23N5O3S/c1-2-23-14-6-3-4-7-15(14)25(20(23)28)12-9-17(26)24-11-5-8-16(24)18(27)22-19-21-10-13-29-19/h3-4,6-7,10,13,16H,2,5,8-9,11-12H2,1H3,(H,21,22,27). The Bertz CT molecular complexity index is 1090. The monoisotopic (exact) mass is 413 g/mol. The van der Waals surface area contributed by atoms with Gasteiger partial charge in [-0.1, -0.05) is 12.1 Å². The molecule has 0 bridgehead atoms. The molecule has 8 nitrogen and oxygen atoms in total. The molecule has 1 unspecified atom stereocenters. The Balaban J connectivity index is 1.47. The van der Waals surface area contributed by atoms with Gasteiger partial charge in [-0.2, -0.15) is 0 Å². The third-order valence-electron chi connectivity index (χ3n) is 5.33. The highest BCUT2D eigenvalue weighted by Gasteiger charge is 2.34. The number of nitrogens with zero attached hydrogens (tertiary/aromatic N) is 4. The van der Waals surface area contributed by atoms with Crippen molar-refractivity contribution in [3.63, 3.8) is 0 Å². The quantitative estimate of drug-likeness (QED) is 0.672. The van der Waals surface area contributed by atoms with Crippen molar-refractivity contribution in [2.45, 2.75) is 45.3 Å². The molecule has 1 fully saturated rings. The summed E-state index contributed by atoms with van der Waals surface area (Å²) in [5, 5.41) is 5.11. The lowest BCUT2D eigenvalue weighted by molar-refractivity contribution is -0.136. The average Bonchev–Trinajstić information content (AvgIpc) is 3.45. The topological polar surface area (TPSA) is 89.2 Å². The fourth-order valence-electron chi connectivity index (χ4n) is 3.96. The number of anilines is 1. The van der Waals surface area contributed by atoms with E-state index >= 15 is 0 Å². The highest BCUT2D eigenvalue weighted by molar-refractivity contribution is 7.13. The highest BCUT2D eigenvalue weighted by Crippen LogP contribution is 2.21. The number of carbonyl (C=O) groups excluding carboxylic acids is 2. The van der Waals surface area contributed by atoms with Gasteiger partial charge in [0.05, 0.1) is 11.0 Å². The van der Waals surface area contributed by atoms with Crippen LogP contribution in [0.5, 0.6) is 0 Å².